The Bertz CT molecular complexity index is 1770. The van der Waals surface area contributed by atoms with Crippen molar-refractivity contribution in [1.29, 1.82) is 0 Å². The number of hydrogen-bond acceptors (Lipinski definition) is 2. The molecule has 1 aliphatic heterocycles. The van der Waals surface area contributed by atoms with Gasteiger partial charge in [-0.05, 0) is 97.7 Å². The van der Waals surface area contributed by atoms with Crippen LogP contribution in [0.3, 0.4) is 0 Å². The van der Waals surface area contributed by atoms with E-state index >= 15 is 0 Å². The van der Waals surface area contributed by atoms with Gasteiger partial charge >= 0.3 is 0 Å². The number of aliphatic imine (C=N–C) groups is 1. The minimum absolute atomic E-state index is 0.948. The van der Waals surface area contributed by atoms with Gasteiger partial charge in [0.1, 0.15) is 0 Å². The lowest BCUT2D eigenvalue weighted by Gasteiger charge is -2.19. The molecular formula is C33H30BrN3. The maximum Gasteiger partial charge on any atom is 0.0827 e. The van der Waals surface area contributed by atoms with Gasteiger partial charge in [-0.25, -0.2) is 0 Å². The molecule has 0 atom stereocenters. The smallest absolute Gasteiger partial charge is 0.0827 e. The van der Waals surface area contributed by atoms with Gasteiger partial charge in [0.05, 0.1) is 16.4 Å². The fraction of sp³-hybridized carbons (Fsp3) is 0.212. The van der Waals surface area contributed by atoms with Gasteiger partial charge in [0.2, 0.25) is 0 Å². The van der Waals surface area contributed by atoms with Gasteiger partial charge in [0.25, 0.3) is 0 Å². The standard InChI is InChI=1S/C23H21BrN2.C10H9N/c1-14-5-3-6-16-15(14)9-10-19-17-7-4-8-21(20(17)12-11-18(16)19)23-22(24)13-25-26(23)2;1-2-4-10-6-8-11-7-5-9(10)3-1/h4,7-10,12-13H,3,5-6,11H2,1-2H3;1-5,7-8H,6H2. The highest BCUT2D eigenvalue weighted by molar-refractivity contribution is 9.10. The molecule has 0 saturated carbocycles. The van der Waals surface area contributed by atoms with Crippen LogP contribution >= 0.6 is 15.9 Å². The van der Waals surface area contributed by atoms with Crippen LogP contribution in [0.5, 0.6) is 0 Å². The zero-order chi connectivity index (χ0) is 25.4. The number of aromatic nitrogens is 2. The lowest BCUT2D eigenvalue weighted by Crippen LogP contribution is -2.22. The highest BCUT2D eigenvalue weighted by Gasteiger charge is 2.16. The van der Waals surface area contributed by atoms with Crippen molar-refractivity contribution in [3.05, 3.63) is 115 Å². The molecule has 0 fully saturated rings. The summed E-state index contributed by atoms with van der Waals surface area (Å²) < 4.78 is 3.00. The molecule has 0 spiro atoms. The van der Waals surface area contributed by atoms with Crippen molar-refractivity contribution < 1.29 is 0 Å². The van der Waals surface area contributed by atoms with Gasteiger partial charge < -0.3 is 0 Å². The molecule has 1 aromatic heterocycles. The number of aryl methyl sites for hydroxylation is 1. The average Bonchev–Trinajstić information content (AvgIpc) is 3.11. The number of hydrogen-bond donors (Lipinski definition) is 0. The van der Waals surface area contributed by atoms with E-state index in [4.69, 9.17) is 0 Å². The quantitative estimate of drug-likeness (QED) is 0.276. The Morgan fingerprint density at radius 3 is 2.59 bits per heavy atom. The molecule has 37 heavy (non-hydrogen) atoms. The Hall–Kier alpha value is -3.50. The predicted octanol–water partition coefficient (Wildman–Crippen LogP) is 6.26. The molecule has 7 rings (SSSR count). The Morgan fingerprint density at radius 2 is 1.73 bits per heavy atom. The van der Waals surface area contributed by atoms with E-state index in [1.54, 1.807) is 11.1 Å². The van der Waals surface area contributed by atoms with E-state index in [-0.39, 0.29) is 0 Å². The third-order valence-electron chi connectivity index (χ3n) is 7.74. The first-order valence-corrected chi connectivity index (χ1v) is 13.8. The summed E-state index contributed by atoms with van der Waals surface area (Å²) >= 11 is 3.67. The topological polar surface area (TPSA) is 30.2 Å². The van der Waals surface area contributed by atoms with E-state index in [2.05, 4.69) is 93.6 Å². The van der Waals surface area contributed by atoms with E-state index < -0.39 is 0 Å². The van der Waals surface area contributed by atoms with Crippen LogP contribution in [0.25, 0.3) is 29.0 Å². The summed E-state index contributed by atoms with van der Waals surface area (Å²) in [7, 11) is 2.01. The third-order valence-corrected chi connectivity index (χ3v) is 8.32. The van der Waals surface area contributed by atoms with E-state index in [1.807, 2.05) is 36.4 Å². The van der Waals surface area contributed by atoms with Crippen LogP contribution in [0.2, 0.25) is 0 Å². The fourth-order valence-corrected chi connectivity index (χ4v) is 6.45. The number of fused-ring (bicyclic) bond motifs is 5. The second kappa shape index (κ2) is 10.1. The summed E-state index contributed by atoms with van der Waals surface area (Å²) in [5.41, 5.74) is 9.70. The molecule has 4 aromatic rings. The molecule has 2 aliphatic carbocycles. The number of nitrogens with zero attached hydrogens (tertiary/aromatic N) is 3. The SMILES string of the molecule is C1=Cc2ccccc2CC=N1.CC1=c2ccc3c(c2CCC1)CC=c1c(-c2c(Br)cnn2C)cccc1=3. The zero-order valence-corrected chi connectivity index (χ0v) is 22.9. The first-order valence-electron chi connectivity index (χ1n) is 13.0. The van der Waals surface area contributed by atoms with Crippen LogP contribution in [0.1, 0.15) is 42.0 Å². The molecule has 3 aromatic carbocycles. The fourth-order valence-electron chi connectivity index (χ4n) is 5.89. The third kappa shape index (κ3) is 4.44. The molecule has 3 nitrogen and oxygen atoms in total. The average molecular weight is 549 g/mol. The van der Waals surface area contributed by atoms with Crippen molar-refractivity contribution in [2.24, 2.45) is 12.0 Å². The van der Waals surface area contributed by atoms with Crippen molar-refractivity contribution in [3.8, 4) is 11.3 Å². The second-order valence-corrected chi connectivity index (χ2v) is 10.8. The van der Waals surface area contributed by atoms with Crippen LogP contribution in [0, 0.1) is 10.4 Å². The minimum atomic E-state index is 0.948. The Morgan fingerprint density at radius 1 is 0.865 bits per heavy atom. The molecule has 3 aliphatic rings. The highest BCUT2D eigenvalue weighted by Crippen LogP contribution is 2.27. The highest BCUT2D eigenvalue weighted by atomic mass is 79.9. The van der Waals surface area contributed by atoms with Gasteiger partial charge in [-0.15, -0.1) is 0 Å². The van der Waals surface area contributed by atoms with Gasteiger partial charge in [0.15, 0.2) is 0 Å². The number of rotatable bonds is 1. The van der Waals surface area contributed by atoms with Crippen LogP contribution in [-0.2, 0) is 26.3 Å². The molecule has 0 unspecified atom stereocenters. The maximum atomic E-state index is 4.40. The summed E-state index contributed by atoms with van der Waals surface area (Å²) in [5.74, 6) is 0. The summed E-state index contributed by atoms with van der Waals surface area (Å²) in [6.07, 6.45) is 15.8. The van der Waals surface area contributed by atoms with E-state index in [1.165, 1.54) is 62.4 Å². The van der Waals surface area contributed by atoms with E-state index in [0.29, 0.717) is 0 Å². The Labute approximate surface area is 226 Å². The lowest BCUT2D eigenvalue weighted by molar-refractivity contribution is 0.775. The minimum Gasteiger partial charge on any atom is -0.269 e. The molecular weight excluding hydrogens is 518 g/mol. The zero-order valence-electron chi connectivity index (χ0n) is 21.3. The van der Waals surface area contributed by atoms with Gasteiger partial charge in [-0.3, -0.25) is 9.67 Å². The Kier molecular flexibility index (Phi) is 6.52. The van der Waals surface area contributed by atoms with Gasteiger partial charge in [-0.1, -0.05) is 66.2 Å². The monoisotopic (exact) mass is 547 g/mol. The molecule has 0 radical (unpaired) electrons. The molecule has 0 saturated heterocycles. The normalized spacial score (nSPS) is 14.8. The number of halogens is 1. The molecule has 0 amide bonds. The van der Waals surface area contributed by atoms with Crippen LogP contribution in [0.4, 0.5) is 0 Å². The molecule has 0 bridgehead atoms. The van der Waals surface area contributed by atoms with Crippen LogP contribution in [0.15, 0.2) is 76.5 Å². The van der Waals surface area contributed by atoms with Gasteiger partial charge in [-0.2, -0.15) is 5.10 Å². The van der Waals surface area contributed by atoms with Crippen LogP contribution < -0.4 is 10.4 Å². The lowest BCUT2D eigenvalue weighted by atomic mass is 9.86. The molecule has 184 valence electrons. The van der Waals surface area contributed by atoms with Crippen molar-refractivity contribution in [3.63, 3.8) is 0 Å². The molecule has 4 heteroatoms. The van der Waals surface area contributed by atoms with Crippen molar-refractivity contribution in [2.45, 2.75) is 39.0 Å². The largest absolute Gasteiger partial charge is 0.269 e. The maximum absolute atomic E-state index is 4.40. The van der Waals surface area contributed by atoms with E-state index in [9.17, 15) is 0 Å². The molecule has 0 N–H and O–H groups in total. The van der Waals surface area contributed by atoms with Crippen LogP contribution in [-0.4, -0.2) is 16.0 Å². The van der Waals surface area contributed by atoms with Crippen molar-refractivity contribution in [2.75, 3.05) is 0 Å². The summed E-state index contributed by atoms with van der Waals surface area (Å²) in [6.45, 7) is 2.29. The summed E-state index contributed by atoms with van der Waals surface area (Å²) in [4.78, 5) is 4.08. The second-order valence-electron chi connectivity index (χ2n) is 9.94. The van der Waals surface area contributed by atoms with Crippen molar-refractivity contribution >= 4 is 39.9 Å². The summed E-state index contributed by atoms with van der Waals surface area (Å²) in [6, 6.07) is 19.7. The predicted molar refractivity (Wildman–Crippen MR) is 158 cm³/mol. The first kappa shape index (κ1) is 23.9. The summed E-state index contributed by atoms with van der Waals surface area (Å²) in [5, 5.41) is 10.00. The first-order chi connectivity index (χ1) is 18.1. The number of benzene rings is 3. The Balaban J connectivity index is 0.000000191. The van der Waals surface area contributed by atoms with Crippen molar-refractivity contribution in [1.82, 2.24) is 9.78 Å². The molecule has 2 heterocycles. The van der Waals surface area contributed by atoms with E-state index in [0.717, 1.165) is 23.0 Å². The van der Waals surface area contributed by atoms with Gasteiger partial charge in [0, 0.05) is 31.4 Å².